The van der Waals surface area contributed by atoms with E-state index in [0.29, 0.717) is 27.6 Å². The summed E-state index contributed by atoms with van der Waals surface area (Å²) in [6.07, 6.45) is 1.24. The number of hydrogen-bond acceptors (Lipinski definition) is 6. The van der Waals surface area contributed by atoms with Crippen LogP contribution in [0, 0.1) is 15.9 Å². The van der Waals surface area contributed by atoms with Gasteiger partial charge in [-0.15, -0.1) is 0 Å². The number of fused-ring (bicyclic) bond motifs is 1. The average molecular weight is 411 g/mol. The molecule has 3 aromatic carbocycles. The van der Waals surface area contributed by atoms with Crippen LogP contribution in [0.2, 0.25) is 5.02 Å². The number of nitro groups is 1. The van der Waals surface area contributed by atoms with Crippen LogP contribution in [0.1, 0.15) is 0 Å². The first-order valence-corrected chi connectivity index (χ1v) is 8.77. The van der Waals surface area contributed by atoms with Crippen LogP contribution in [0.5, 0.6) is 11.5 Å². The number of benzene rings is 3. The van der Waals surface area contributed by atoms with Gasteiger partial charge < -0.3 is 10.1 Å². The molecule has 0 aliphatic carbocycles. The zero-order valence-electron chi connectivity index (χ0n) is 14.7. The molecule has 4 aromatic rings. The van der Waals surface area contributed by atoms with Crippen LogP contribution in [-0.2, 0) is 0 Å². The Morgan fingerprint density at radius 2 is 1.86 bits per heavy atom. The van der Waals surface area contributed by atoms with E-state index in [9.17, 15) is 14.5 Å². The molecule has 1 heterocycles. The van der Waals surface area contributed by atoms with Gasteiger partial charge in [0.25, 0.3) is 0 Å². The maximum atomic E-state index is 13.9. The summed E-state index contributed by atoms with van der Waals surface area (Å²) in [5.41, 5.74) is 0.156. The summed E-state index contributed by atoms with van der Waals surface area (Å²) in [6, 6.07) is 16.3. The lowest BCUT2D eigenvalue weighted by Crippen LogP contribution is -1.99. The fraction of sp³-hybridized carbons (Fsp3) is 0. The SMILES string of the molecule is O=[N+]([O-])c1cc2c(Nc3ccc(Oc4ccccc4)c(Cl)c3)ncnc2cc1F. The summed E-state index contributed by atoms with van der Waals surface area (Å²) in [4.78, 5) is 18.3. The number of halogens is 2. The smallest absolute Gasteiger partial charge is 0.305 e. The molecule has 0 spiro atoms. The lowest BCUT2D eigenvalue weighted by molar-refractivity contribution is -0.387. The van der Waals surface area contributed by atoms with E-state index in [0.717, 1.165) is 12.1 Å². The molecule has 0 atom stereocenters. The molecule has 4 rings (SSSR count). The Kier molecular flexibility index (Phi) is 4.92. The molecule has 0 saturated heterocycles. The van der Waals surface area contributed by atoms with Crippen molar-refractivity contribution >= 4 is 39.7 Å². The second-order valence-corrected chi connectivity index (χ2v) is 6.39. The molecule has 0 radical (unpaired) electrons. The van der Waals surface area contributed by atoms with Crippen molar-refractivity contribution in [3.05, 3.63) is 87.9 Å². The number of nitro benzene ring substituents is 1. The zero-order chi connectivity index (χ0) is 20.4. The summed E-state index contributed by atoms with van der Waals surface area (Å²) in [5.74, 6) is 0.434. The van der Waals surface area contributed by atoms with Gasteiger partial charge in [-0.2, -0.15) is 4.39 Å². The maximum Gasteiger partial charge on any atom is 0.305 e. The van der Waals surface area contributed by atoms with E-state index in [1.807, 2.05) is 30.3 Å². The van der Waals surface area contributed by atoms with Gasteiger partial charge in [-0.1, -0.05) is 29.8 Å². The van der Waals surface area contributed by atoms with Crippen LogP contribution >= 0.6 is 11.6 Å². The van der Waals surface area contributed by atoms with Crippen LogP contribution in [0.15, 0.2) is 67.0 Å². The predicted octanol–water partition coefficient (Wildman–Crippen LogP) is 5.87. The molecule has 0 amide bonds. The van der Waals surface area contributed by atoms with E-state index >= 15 is 0 Å². The molecule has 0 aliphatic heterocycles. The summed E-state index contributed by atoms with van der Waals surface area (Å²) >= 11 is 6.31. The maximum absolute atomic E-state index is 13.9. The van der Waals surface area contributed by atoms with Gasteiger partial charge in [-0.05, 0) is 30.3 Å². The Hall–Kier alpha value is -3.78. The van der Waals surface area contributed by atoms with Crippen LogP contribution in [0.3, 0.4) is 0 Å². The standard InChI is InChI=1S/C20H12ClFN4O3/c21-15-8-12(6-7-19(15)29-13-4-2-1-3-5-13)25-20-14-9-18(26(27)28)16(22)10-17(14)23-11-24-20/h1-11H,(H,23,24,25). The molecular weight excluding hydrogens is 399 g/mol. The number of para-hydroxylation sites is 1. The van der Waals surface area contributed by atoms with E-state index < -0.39 is 16.4 Å². The lowest BCUT2D eigenvalue weighted by atomic mass is 10.2. The molecule has 1 N–H and O–H groups in total. The summed E-state index contributed by atoms with van der Waals surface area (Å²) in [5, 5.41) is 14.7. The van der Waals surface area contributed by atoms with Gasteiger partial charge in [0.2, 0.25) is 5.82 Å². The molecule has 29 heavy (non-hydrogen) atoms. The van der Waals surface area contributed by atoms with Crippen molar-refractivity contribution in [2.75, 3.05) is 5.32 Å². The summed E-state index contributed by atoms with van der Waals surface area (Å²) in [7, 11) is 0. The molecule has 0 bridgehead atoms. The molecule has 0 saturated carbocycles. The normalized spacial score (nSPS) is 10.7. The minimum atomic E-state index is -0.961. The Morgan fingerprint density at radius 3 is 2.59 bits per heavy atom. The fourth-order valence-electron chi connectivity index (χ4n) is 2.72. The van der Waals surface area contributed by atoms with Gasteiger partial charge in [-0.3, -0.25) is 10.1 Å². The number of rotatable bonds is 5. The molecular formula is C20H12ClFN4O3. The highest BCUT2D eigenvalue weighted by molar-refractivity contribution is 6.32. The minimum absolute atomic E-state index is 0.237. The monoisotopic (exact) mass is 410 g/mol. The van der Waals surface area contributed by atoms with Gasteiger partial charge in [0.15, 0.2) is 0 Å². The fourth-order valence-corrected chi connectivity index (χ4v) is 2.94. The van der Waals surface area contributed by atoms with Crippen LogP contribution in [-0.4, -0.2) is 14.9 Å². The first-order chi connectivity index (χ1) is 14.0. The highest BCUT2D eigenvalue weighted by atomic mass is 35.5. The number of aromatic nitrogens is 2. The van der Waals surface area contributed by atoms with Gasteiger partial charge in [0.1, 0.15) is 23.6 Å². The molecule has 7 nitrogen and oxygen atoms in total. The third-order valence-electron chi connectivity index (χ3n) is 4.07. The van der Waals surface area contributed by atoms with Gasteiger partial charge >= 0.3 is 5.69 Å². The van der Waals surface area contributed by atoms with Crippen LogP contribution < -0.4 is 10.1 Å². The van der Waals surface area contributed by atoms with Crippen molar-refractivity contribution in [2.24, 2.45) is 0 Å². The first-order valence-electron chi connectivity index (χ1n) is 8.39. The van der Waals surface area contributed by atoms with Crippen LogP contribution in [0.4, 0.5) is 21.6 Å². The Labute approximate surface area is 168 Å². The first kappa shape index (κ1) is 18.6. The summed E-state index contributed by atoms with van der Waals surface area (Å²) < 4.78 is 19.6. The number of hydrogen-bond donors (Lipinski definition) is 1. The molecule has 1 aromatic heterocycles. The Morgan fingerprint density at radius 1 is 1.07 bits per heavy atom. The number of nitrogens with one attached hydrogen (secondary N) is 1. The van der Waals surface area contributed by atoms with Crippen molar-refractivity contribution in [3.8, 4) is 11.5 Å². The van der Waals surface area contributed by atoms with Crippen molar-refractivity contribution in [1.29, 1.82) is 0 Å². The minimum Gasteiger partial charge on any atom is -0.456 e. The zero-order valence-corrected chi connectivity index (χ0v) is 15.4. The van der Waals surface area contributed by atoms with Gasteiger partial charge in [0, 0.05) is 17.8 Å². The summed E-state index contributed by atoms with van der Waals surface area (Å²) in [6.45, 7) is 0. The van der Waals surface area contributed by atoms with Gasteiger partial charge in [-0.25, -0.2) is 9.97 Å². The van der Waals surface area contributed by atoms with Crippen molar-refractivity contribution in [3.63, 3.8) is 0 Å². The van der Waals surface area contributed by atoms with E-state index in [2.05, 4.69) is 15.3 Å². The third-order valence-corrected chi connectivity index (χ3v) is 4.36. The topological polar surface area (TPSA) is 90.2 Å². The Bertz CT molecular complexity index is 1220. The molecule has 9 heteroatoms. The van der Waals surface area contributed by atoms with Crippen molar-refractivity contribution < 1.29 is 14.1 Å². The Balaban J connectivity index is 1.65. The van der Waals surface area contributed by atoms with E-state index in [4.69, 9.17) is 16.3 Å². The molecule has 0 aliphatic rings. The second-order valence-electron chi connectivity index (χ2n) is 5.99. The van der Waals surface area contributed by atoms with E-state index in [-0.39, 0.29) is 11.3 Å². The highest BCUT2D eigenvalue weighted by Crippen LogP contribution is 2.34. The average Bonchev–Trinajstić information content (AvgIpc) is 2.70. The van der Waals surface area contributed by atoms with Crippen LogP contribution in [0.25, 0.3) is 10.9 Å². The molecule has 0 unspecified atom stereocenters. The second kappa shape index (κ2) is 7.69. The van der Waals surface area contributed by atoms with E-state index in [1.165, 1.54) is 6.33 Å². The number of ether oxygens (including phenoxy) is 1. The third kappa shape index (κ3) is 3.92. The number of nitrogens with zero attached hydrogens (tertiary/aromatic N) is 3. The molecule has 0 fully saturated rings. The quantitative estimate of drug-likeness (QED) is 0.327. The largest absolute Gasteiger partial charge is 0.456 e. The van der Waals surface area contributed by atoms with E-state index in [1.54, 1.807) is 18.2 Å². The highest BCUT2D eigenvalue weighted by Gasteiger charge is 2.18. The predicted molar refractivity (Wildman–Crippen MR) is 107 cm³/mol. The molecule has 144 valence electrons. The van der Waals surface area contributed by atoms with Gasteiger partial charge in [0.05, 0.1) is 20.8 Å². The van der Waals surface area contributed by atoms with Crippen molar-refractivity contribution in [1.82, 2.24) is 9.97 Å². The number of anilines is 2. The lowest BCUT2D eigenvalue weighted by Gasteiger charge is -2.11. The van der Waals surface area contributed by atoms with Crippen molar-refractivity contribution in [2.45, 2.75) is 0 Å².